The Hall–Kier alpha value is -2.66. The third kappa shape index (κ3) is 3.60. The summed E-state index contributed by atoms with van der Waals surface area (Å²) in [5, 5.41) is 5.28. The Morgan fingerprint density at radius 3 is 2.81 bits per heavy atom. The summed E-state index contributed by atoms with van der Waals surface area (Å²) in [7, 11) is 0. The highest BCUT2D eigenvalue weighted by molar-refractivity contribution is 7.97. The molecule has 0 bridgehead atoms. The number of rotatable bonds is 7. The van der Waals surface area contributed by atoms with Crippen molar-refractivity contribution in [2.45, 2.75) is 18.7 Å². The van der Waals surface area contributed by atoms with Gasteiger partial charge in [-0.3, -0.25) is 4.79 Å². The van der Waals surface area contributed by atoms with Crippen LogP contribution in [0.4, 0.5) is 0 Å². The van der Waals surface area contributed by atoms with Gasteiger partial charge < -0.3 is 14.3 Å². The van der Waals surface area contributed by atoms with Gasteiger partial charge in [-0.05, 0) is 36.3 Å². The first kappa shape index (κ1) is 17.7. The molecule has 0 atom stereocenters. The van der Waals surface area contributed by atoms with E-state index in [0.717, 1.165) is 35.3 Å². The average molecular weight is 378 g/mol. The molecule has 0 aliphatic heterocycles. The summed E-state index contributed by atoms with van der Waals surface area (Å²) < 4.78 is 8.07. The topological polar surface area (TPSA) is 47.2 Å². The van der Waals surface area contributed by atoms with Crippen LogP contribution in [0.2, 0.25) is 0 Å². The summed E-state index contributed by atoms with van der Waals surface area (Å²) >= 11 is 1.69. The fourth-order valence-electron chi connectivity index (χ4n) is 3.44. The number of thioether (sulfide) groups is 1. The number of furan rings is 1. The van der Waals surface area contributed by atoms with E-state index in [1.807, 2.05) is 36.6 Å². The van der Waals surface area contributed by atoms with E-state index >= 15 is 0 Å². The second-order valence-corrected chi connectivity index (χ2v) is 7.38. The van der Waals surface area contributed by atoms with Crippen LogP contribution >= 0.6 is 11.8 Å². The number of carbonyl (C=O) groups is 1. The van der Waals surface area contributed by atoms with Crippen LogP contribution < -0.4 is 5.32 Å². The Morgan fingerprint density at radius 2 is 1.93 bits per heavy atom. The monoisotopic (exact) mass is 378 g/mol. The molecule has 0 saturated carbocycles. The van der Waals surface area contributed by atoms with E-state index in [9.17, 15) is 4.79 Å². The Kier molecular flexibility index (Phi) is 5.21. The third-order valence-corrected chi connectivity index (χ3v) is 5.31. The first-order valence-corrected chi connectivity index (χ1v) is 10.5. The molecule has 0 spiro atoms. The Balaban J connectivity index is 1.41. The van der Waals surface area contributed by atoms with Crippen molar-refractivity contribution in [2.75, 3.05) is 12.8 Å². The number of fused-ring (bicyclic) bond motifs is 2. The molecule has 2 heterocycles. The van der Waals surface area contributed by atoms with Crippen molar-refractivity contribution in [3.8, 4) is 0 Å². The first-order chi connectivity index (χ1) is 13.3. The molecule has 138 valence electrons. The van der Waals surface area contributed by atoms with E-state index in [2.05, 4.69) is 40.3 Å². The van der Waals surface area contributed by atoms with E-state index in [-0.39, 0.29) is 5.91 Å². The van der Waals surface area contributed by atoms with Gasteiger partial charge in [0.25, 0.3) is 5.91 Å². The van der Waals surface area contributed by atoms with Gasteiger partial charge >= 0.3 is 0 Å². The molecule has 1 N–H and O–H groups in total. The van der Waals surface area contributed by atoms with Crippen LogP contribution in [-0.2, 0) is 12.3 Å². The van der Waals surface area contributed by atoms with Gasteiger partial charge in [-0.15, -0.1) is 0 Å². The zero-order chi connectivity index (χ0) is 18.6. The zero-order valence-electron chi connectivity index (χ0n) is 15.3. The molecule has 2 aromatic carbocycles. The normalized spacial score (nSPS) is 11.3. The van der Waals surface area contributed by atoms with Gasteiger partial charge in [0, 0.05) is 41.5 Å². The minimum absolute atomic E-state index is 0.132. The molecule has 27 heavy (non-hydrogen) atoms. The molecule has 2 aromatic heterocycles. The SMILES string of the molecule is CSCc1c(C(=O)NCCCn2ccc3ccccc32)oc2ccccc12. The molecule has 5 heteroatoms. The second kappa shape index (κ2) is 7.92. The van der Waals surface area contributed by atoms with Crippen molar-refractivity contribution < 1.29 is 9.21 Å². The highest BCUT2D eigenvalue weighted by Crippen LogP contribution is 2.28. The quantitative estimate of drug-likeness (QED) is 0.457. The summed E-state index contributed by atoms with van der Waals surface area (Å²) in [5.41, 5.74) is 2.97. The number of aryl methyl sites for hydroxylation is 1. The van der Waals surface area contributed by atoms with Crippen molar-refractivity contribution in [3.63, 3.8) is 0 Å². The van der Waals surface area contributed by atoms with Gasteiger partial charge in [0.15, 0.2) is 5.76 Å². The summed E-state index contributed by atoms with van der Waals surface area (Å²) in [4.78, 5) is 12.7. The average Bonchev–Trinajstić information content (AvgIpc) is 3.27. The van der Waals surface area contributed by atoms with Crippen LogP contribution in [0, 0.1) is 0 Å². The maximum absolute atomic E-state index is 12.7. The van der Waals surface area contributed by atoms with Crippen LogP contribution in [0.3, 0.4) is 0 Å². The molecular formula is C22H22N2O2S. The number of carbonyl (C=O) groups excluding carboxylic acids is 1. The highest BCUT2D eigenvalue weighted by atomic mass is 32.2. The number of benzene rings is 2. The Bertz CT molecular complexity index is 1080. The Labute approximate surface area is 162 Å². The maximum atomic E-state index is 12.7. The van der Waals surface area contributed by atoms with E-state index in [0.29, 0.717) is 12.3 Å². The van der Waals surface area contributed by atoms with Gasteiger partial charge in [0.1, 0.15) is 5.58 Å². The smallest absolute Gasteiger partial charge is 0.287 e. The maximum Gasteiger partial charge on any atom is 0.287 e. The van der Waals surface area contributed by atoms with Crippen molar-refractivity contribution in [1.82, 2.24) is 9.88 Å². The van der Waals surface area contributed by atoms with Crippen LogP contribution in [0.1, 0.15) is 22.5 Å². The molecule has 4 rings (SSSR count). The lowest BCUT2D eigenvalue weighted by Crippen LogP contribution is -2.25. The van der Waals surface area contributed by atoms with E-state index in [1.54, 1.807) is 11.8 Å². The molecule has 0 unspecified atom stereocenters. The molecule has 1 amide bonds. The minimum Gasteiger partial charge on any atom is -0.451 e. The third-order valence-electron chi connectivity index (χ3n) is 4.73. The predicted molar refractivity (Wildman–Crippen MR) is 112 cm³/mol. The minimum atomic E-state index is -0.132. The summed E-state index contributed by atoms with van der Waals surface area (Å²) in [6.07, 6.45) is 5.00. The van der Waals surface area contributed by atoms with Crippen LogP contribution in [0.25, 0.3) is 21.9 Å². The number of hydrogen-bond acceptors (Lipinski definition) is 3. The van der Waals surface area contributed by atoms with Crippen LogP contribution in [0.15, 0.2) is 65.2 Å². The van der Waals surface area contributed by atoms with Gasteiger partial charge in [0.05, 0.1) is 0 Å². The highest BCUT2D eigenvalue weighted by Gasteiger charge is 2.19. The molecule has 0 radical (unpaired) electrons. The van der Waals surface area contributed by atoms with Gasteiger partial charge in [-0.1, -0.05) is 36.4 Å². The molecule has 0 fully saturated rings. The predicted octanol–water partition coefficient (Wildman–Crippen LogP) is 5.07. The van der Waals surface area contributed by atoms with Gasteiger partial charge in [0.2, 0.25) is 0 Å². The van der Waals surface area contributed by atoms with Gasteiger partial charge in [-0.25, -0.2) is 0 Å². The number of para-hydroxylation sites is 2. The van der Waals surface area contributed by atoms with Crippen molar-refractivity contribution >= 4 is 39.5 Å². The van der Waals surface area contributed by atoms with Crippen molar-refractivity contribution in [1.29, 1.82) is 0 Å². The number of hydrogen-bond donors (Lipinski definition) is 1. The standard InChI is InChI=1S/C22H22N2O2S/c1-27-15-18-17-8-3-5-10-20(17)26-21(18)22(25)23-12-6-13-24-14-11-16-7-2-4-9-19(16)24/h2-5,7-11,14H,6,12-13,15H2,1H3,(H,23,25). The van der Waals surface area contributed by atoms with E-state index in [1.165, 1.54) is 10.9 Å². The molecular weight excluding hydrogens is 356 g/mol. The fourth-order valence-corrected chi connectivity index (χ4v) is 4.01. The molecule has 0 aliphatic rings. The lowest BCUT2D eigenvalue weighted by molar-refractivity contribution is 0.0926. The zero-order valence-corrected chi connectivity index (χ0v) is 16.1. The number of amides is 1. The van der Waals surface area contributed by atoms with E-state index in [4.69, 9.17) is 4.42 Å². The molecule has 4 nitrogen and oxygen atoms in total. The molecule has 0 saturated heterocycles. The lowest BCUT2D eigenvalue weighted by atomic mass is 10.1. The number of nitrogens with one attached hydrogen (secondary N) is 1. The summed E-state index contributed by atoms with van der Waals surface area (Å²) in [5.74, 6) is 1.07. The molecule has 0 aliphatic carbocycles. The second-order valence-electron chi connectivity index (χ2n) is 6.52. The fraction of sp³-hybridized carbons (Fsp3) is 0.227. The van der Waals surface area contributed by atoms with Crippen molar-refractivity contribution in [2.24, 2.45) is 0 Å². The van der Waals surface area contributed by atoms with Crippen LogP contribution in [-0.4, -0.2) is 23.3 Å². The van der Waals surface area contributed by atoms with E-state index < -0.39 is 0 Å². The Morgan fingerprint density at radius 1 is 1.11 bits per heavy atom. The largest absolute Gasteiger partial charge is 0.451 e. The van der Waals surface area contributed by atoms with Crippen molar-refractivity contribution in [3.05, 3.63) is 72.1 Å². The first-order valence-electron chi connectivity index (χ1n) is 9.09. The summed E-state index contributed by atoms with van der Waals surface area (Å²) in [6, 6.07) is 18.3. The van der Waals surface area contributed by atoms with Crippen LogP contribution in [0.5, 0.6) is 0 Å². The lowest BCUT2D eigenvalue weighted by Gasteiger charge is -2.07. The number of nitrogens with zero attached hydrogens (tertiary/aromatic N) is 1. The summed E-state index contributed by atoms with van der Waals surface area (Å²) in [6.45, 7) is 1.48. The van der Waals surface area contributed by atoms with Gasteiger partial charge in [-0.2, -0.15) is 11.8 Å². The molecule has 4 aromatic rings. The number of aromatic nitrogens is 1.